The highest BCUT2D eigenvalue weighted by atomic mass is 79.9. The number of hydrogen-bond donors (Lipinski definition) is 0. The van der Waals surface area contributed by atoms with Crippen LogP contribution in [0.25, 0.3) is 0 Å². The van der Waals surface area contributed by atoms with Crippen LogP contribution in [0, 0.1) is 0 Å². The standard InChI is InChI=1S/C15H15Br3O2/c1-2-10(17)5-3-7-12-14(18)15-13(20-12)9-11(19-15)6-4-8-16/h3,5-8,11,13,15H,2,9H2,1H3/b7-3-,10-5-/t4?,11-,13-,15+/m0/s1. The highest BCUT2D eigenvalue weighted by Gasteiger charge is 2.43. The van der Waals surface area contributed by atoms with E-state index in [4.69, 9.17) is 9.47 Å². The van der Waals surface area contributed by atoms with Gasteiger partial charge in [0.25, 0.3) is 0 Å². The van der Waals surface area contributed by atoms with Crippen molar-refractivity contribution in [3.8, 4) is 0 Å². The van der Waals surface area contributed by atoms with Crippen molar-refractivity contribution < 1.29 is 9.47 Å². The molecule has 0 aromatic rings. The molecule has 0 spiro atoms. The quantitative estimate of drug-likeness (QED) is 0.404. The van der Waals surface area contributed by atoms with Gasteiger partial charge in [0.2, 0.25) is 0 Å². The summed E-state index contributed by atoms with van der Waals surface area (Å²) >= 11 is 10.3. The Bertz CT molecular complexity index is 513. The van der Waals surface area contributed by atoms with Gasteiger partial charge in [-0.2, -0.15) is 0 Å². The fourth-order valence-electron chi connectivity index (χ4n) is 2.10. The molecule has 2 aliphatic heterocycles. The van der Waals surface area contributed by atoms with Gasteiger partial charge in [0.05, 0.1) is 10.6 Å². The first-order valence-electron chi connectivity index (χ1n) is 6.41. The number of hydrogen-bond acceptors (Lipinski definition) is 2. The minimum atomic E-state index is -0.00776. The lowest BCUT2D eigenvalue weighted by Crippen LogP contribution is -2.16. The van der Waals surface area contributed by atoms with Gasteiger partial charge >= 0.3 is 0 Å². The number of allylic oxidation sites excluding steroid dienone is 4. The molecule has 2 rings (SSSR count). The molecule has 3 atom stereocenters. The average molecular weight is 467 g/mol. The maximum atomic E-state index is 5.93. The maximum absolute atomic E-state index is 5.93. The van der Waals surface area contributed by atoms with Gasteiger partial charge in [-0.15, -0.1) is 5.73 Å². The normalized spacial score (nSPS) is 29.4. The van der Waals surface area contributed by atoms with Crippen LogP contribution in [0.3, 0.4) is 0 Å². The van der Waals surface area contributed by atoms with Crippen molar-refractivity contribution in [2.75, 3.05) is 0 Å². The monoisotopic (exact) mass is 464 g/mol. The molecule has 1 fully saturated rings. The van der Waals surface area contributed by atoms with E-state index >= 15 is 0 Å². The summed E-state index contributed by atoms with van der Waals surface area (Å²) in [7, 11) is 0. The third kappa shape index (κ3) is 3.99. The van der Waals surface area contributed by atoms with Gasteiger partial charge in [-0.3, -0.25) is 0 Å². The Balaban J connectivity index is 2.02. The lowest BCUT2D eigenvalue weighted by molar-refractivity contribution is 0.0659. The summed E-state index contributed by atoms with van der Waals surface area (Å²) < 4.78 is 14.0. The molecule has 0 N–H and O–H groups in total. The highest BCUT2D eigenvalue weighted by molar-refractivity contribution is 9.12. The molecule has 0 amide bonds. The van der Waals surface area contributed by atoms with Crippen molar-refractivity contribution in [3.63, 3.8) is 0 Å². The summed E-state index contributed by atoms with van der Waals surface area (Å²) in [5.41, 5.74) is 2.99. The minimum absolute atomic E-state index is 0.00776. The van der Waals surface area contributed by atoms with Crippen LogP contribution in [-0.2, 0) is 9.47 Å². The lowest BCUT2D eigenvalue weighted by Gasteiger charge is -2.07. The summed E-state index contributed by atoms with van der Waals surface area (Å²) in [6.45, 7) is 2.10. The molecule has 0 radical (unpaired) electrons. The molecule has 0 aliphatic carbocycles. The Morgan fingerprint density at radius 2 is 2.30 bits per heavy atom. The van der Waals surface area contributed by atoms with Gasteiger partial charge in [0, 0.05) is 11.4 Å². The summed E-state index contributed by atoms with van der Waals surface area (Å²) in [4.78, 5) is 1.70. The average Bonchev–Trinajstić information content (AvgIpc) is 2.96. The van der Waals surface area contributed by atoms with Crippen LogP contribution in [0.1, 0.15) is 19.8 Å². The topological polar surface area (TPSA) is 18.5 Å². The van der Waals surface area contributed by atoms with Gasteiger partial charge in [-0.25, -0.2) is 0 Å². The van der Waals surface area contributed by atoms with Crippen molar-refractivity contribution in [2.45, 2.75) is 38.1 Å². The van der Waals surface area contributed by atoms with E-state index in [2.05, 4.69) is 60.4 Å². The Morgan fingerprint density at radius 3 is 2.95 bits per heavy atom. The number of rotatable bonds is 4. The summed E-state index contributed by atoms with van der Waals surface area (Å²) in [6.07, 6.45) is 9.85. The summed E-state index contributed by atoms with van der Waals surface area (Å²) in [6, 6.07) is 0. The Kier molecular flexibility index (Phi) is 6.37. The van der Waals surface area contributed by atoms with Crippen molar-refractivity contribution in [1.82, 2.24) is 0 Å². The van der Waals surface area contributed by atoms with E-state index < -0.39 is 0 Å². The summed E-state index contributed by atoms with van der Waals surface area (Å²) in [5, 5.41) is 0. The predicted molar refractivity (Wildman–Crippen MR) is 92.1 cm³/mol. The smallest absolute Gasteiger partial charge is 0.132 e. The van der Waals surface area contributed by atoms with Crippen molar-refractivity contribution in [1.29, 1.82) is 0 Å². The lowest BCUT2D eigenvalue weighted by atomic mass is 10.1. The molecule has 0 aromatic heterocycles. The minimum Gasteiger partial charge on any atom is -0.486 e. The number of ether oxygens (including phenoxy) is 2. The molecule has 0 aromatic carbocycles. The Labute approximate surface area is 144 Å². The molecule has 0 bridgehead atoms. The van der Waals surface area contributed by atoms with Crippen LogP contribution in [0.15, 0.2) is 49.7 Å². The largest absolute Gasteiger partial charge is 0.486 e. The zero-order chi connectivity index (χ0) is 14.5. The summed E-state index contributed by atoms with van der Waals surface area (Å²) in [5.74, 6) is 0.853. The first-order valence-corrected chi connectivity index (χ1v) is 8.91. The van der Waals surface area contributed by atoms with E-state index in [1.54, 1.807) is 4.99 Å². The van der Waals surface area contributed by atoms with Crippen molar-refractivity contribution in [3.05, 3.63) is 49.7 Å². The second-order valence-corrected chi connectivity index (χ2v) is 6.80. The van der Waals surface area contributed by atoms with Crippen LogP contribution >= 0.6 is 47.8 Å². The molecule has 20 heavy (non-hydrogen) atoms. The first-order chi connectivity index (χ1) is 9.65. The molecule has 2 aliphatic rings. The molecule has 0 unspecified atom stereocenters. The second kappa shape index (κ2) is 7.81. The van der Waals surface area contributed by atoms with Crippen LogP contribution in [0.5, 0.6) is 0 Å². The fourth-order valence-corrected chi connectivity index (χ4v) is 3.04. The van der Waals surface area contributed by atoms with Crippen molar-refractivity contribution >= 4 is 47.8 Å². The highest BCUT2D eigenvalue weighted by Crippen LogP contribution is 2.40. The number of halogens is 3. The zero-order valence-electron chi connectivity index (χ0n) is 11.0. The molecule has 2 heterocycles. The molecule has 2 nitrogen and oxygen atoms in total. The molecular weight excluding hydrogens is 452 g/mol. The van der Waals surface area contributed by atoms with E-state index in [1.165, 1.54) is 0 Å². The number of fused-ring (bicyclic) bond motifs is 1. The first kappa shape index (κ1) is 16.3. The fraction of sp³-hybridized carbons (Fsp3) is 0.400. The van der Waals surface area contributed by atoms with Gasteiger partial charge in [-0.1, -0.05) is 50.9 Å². The van der Waals surface area contributed by atoms with Crippen LogP contribution in [-0.4, -0.2) is 18.3 Å². The van der Waals surface area contributed by atoms with E-state index in [0.29, 0.717) is 0 Å². The second-order valence-electron chi connectivity index (χ2n) is 4.47. The van der Waals surface area contributed by atoms with Gasteiger partial charge in [0.15, 0.2) is 0 Å². The van der Waals surface area contributed by atoms with Crippen molar-refractivity contribution in [2.24, 2.45) is 0 Å². The SMILES string of the molecule is CC/C(Br)=C/C=C\C1=C(Br)[C@@H]2O[C@@H](C=C=CBr)C[C@@H]2O1. The molecule has 0 saturated carbocycles. The molecular formula is C15H15Br3O2. The molecule has 1 saturated heterocycles. The molecule has 108 valence electrons. The Morgan fingerprint density at radius 1 is 1.50 bits per heavy atom. The van der Waals surface area contributed by atoms with Crippen LogP contribution in [0.4, 0.5) is 0 Å². The van der Waals surface area contributed by atoms with Gasteiger partial charge in [0.1, 0.15) is 18.0 Å². The molecule has 5 heteroatoms. The van der Waals surface area contributed by atoms with E-state index in [1.807, 2.05) is 24.3 Å². The third-order valence-corrected chi connectivity index (χ3v) is 5.03. The van der Waals surface area contributed by atoms with E-state index in [9.17, 15) is 0 Å². The van der Waals surface area contributed by atoms with Crippen LogP contribution < -0.4 is 0 Å². The maximum Gasteiger partial charge on any atom is 0.132 e. The third-order valence-electron chi connectivity index (χ3n) is 3.09. The zero-order valence-corrected chi connectivity index (χ0v) is 15.7. The van der Waals surface area contributed by atoms with Gasteiger partial charge in [-0.05, 0) is 39.0 Å². The van der Waals surface area contributed by atoms with Crippen LogP contribution in [0.2, 0.25) is 0 Å². The van der Waals surface area contributed by atoms with Gasteiger partial charge < -0.3 is 9.47 Å². The van der Waals surface area contributed by atoms with E-state index in [0.717, 1.165) is 27.6 Å². The van der Waals surface area contributed by atoms with E-state index in [-0.39, 0.29) is 18.3 Å². The Hall–Kier alpha value is -0.0600. The predicted octanol–water partition coefficient (Wildman–Crippen LogP) is 5.46.